The van der Waals surface area contributed by atoms with Crippen molar-refractivity contribution >= 4 is 28.1 Å². The molecule has 1 aromatic heterocycles. The first-order valence-corrected chi connectivity index (χ1v) is 7.97. The van der Waals surface area contributed by atoms with E-state index >= 15 is 0 Å². The Hall–Kier alpha value is -1.00. The first-order chi connectivity index (χ1) is 8.72. The molecule has 0 aliphatic rings. The summed E-state index contributed by atoms with van der Waals surface area (Å²) >= 11 is 3.41. The van der Waals surface area contributed by atoms with E-state index in [0.717, 1.165) is 26.4 Å². The Morgan fingerprint density at radius 2 is 2.11 bits per heavy atom. The van der Waals surface area contributed by atoms with E-state index in [9.17, 15) is 0 Å². The van der Waals surface area contributed by atoms with Gasteiger partial charge < -0.3 is 5.73 Å². The van der Waals surface area contributed by atoms with Crippen LogP contribution in [0.5, 0.6) is 0 Å². The zero-order chi connectivity index (χ0) is 13.0. The van der Waals surface area contributed by atoms with E-state index < -0.39 is 0 Å². The first kappa shape index (κ1) is 13.4. The fourth-order valence-corrected chi connectivity index (χ4v) is 3.80. The highest BCUT2D eigenvalue weighted by Crippen LogP contribution is 2.36. The molecule has 2 N–H and O–H groups in total. The maximum absolute atomic E-state index is 6.09. The summed E-state index contributed by atoms with van der Waals surface area (Å²) in [5.74, 6) is 1.12. The smallest absolute Gasteiger partial charge is 0.152 e. The van der Waals surface area contributed by atoms with Crippen LogP contribution in [0.2, 0.25) is 0 Å². The maximum atomic E-state index is 6.09. The Balaban J connectivity index is 2.22. The Morgan fingerprint density at radius 3 is 2.83 bits per heavy atom. The Morgan fingerprint density at radius 1 is 1.33 bits per heavy atom. The summed E-state index contributed by atoms with van der Waals surface area (Å²) in [6.45, 7) is 4.30. The predicted molar refractivity (Wildman–Crippen MR) is 82.3 cm³/mol. The van der Waals surface area contributed by atoms with Gasteiger partial charge in [-0.05, 0) is 18.9 Å². The van der Waals surface area contributed by atoms with E-state index in [0.29, 0.717) is 0 Å². The molecule has 0 atom stereocenters. The van der Waals surface area contributed by atoms with Crippen molar-refractivity contribution in [2.24, 2.45) is 0 Å². The van der Waals surface area contributed by atoms with Crippen LogP contribution < -0.4 is 5.73 Å². The minimum absolute atomic E-state index is 0.822. The molecule has 0 radical (unpaired) electrons. The van der Waals surface area contributed by atoms with Gasteiger partial charge >= 0.3 is 0 Å². The van der Waals surface area contributed by atoms with Crippen LogP contribution in [0.3, 0.4) is 0 Å². The monoisotopic (exact) mass is 278 g/mol. The van der Waals surface area contributed by atoms with Crippen molar-refractivity contribution < 1.29 is 0 Å². The predicted octanol–water partition coefficient (Wildman–Crippen LogP) is 4.59. The van der Waals surface area contributed by atoms with E-state index in [4.69, 9.17) is 5.73 Å². The highest BCUT2D eigenvalue weighted by atomic mass is 32.2. The van der Waals surface area contributed by atoms with Gasteiger partial charge in [0, 0.05) is 11.3 Å². The summed E-state index contributed by atoms with van der Waals surface area (Å²) in [4.78, 5) is 4.67. The number of nitrogens with two attached hydrogens (primary N) is 1. The number of aryl methyl sites for hydroxylation is 1. The molecule has 0 saturated heterocycles. The lowest BCUT2D eigenvalue weighted by Crippen LogP contribution is -1.88. The van der Waals surface area contributed by atoms with Crippen molar-refractivity contribution in [1.82, 2.24) is 4.98 Å². The maximum Gasteiger partial charge on any atom is 0.152 e. The number of hydrogen-bond acceptors (Lipinski definition) is 4. The lowest BCUT2D eigenvalue weighted by atomic mass is 10.1. The van der Waals surface area contributed by atoms with E-state index in [1.807, 2.05) is 23.9 Å². The van der Waals surface area contributed by atoms with Crippen LogP contribution in [0.4, 0.5) is 5.00 Å². The third-order valence-corrected chi connectivity index (χ3v) is 4.87. The van der Waals surface area contributed by atoms with E-state index in [1.54, 1.807) is 11.3 Å². The van der Waals surface area contributed by atoms with Crippen molar-refractivity contribution in [3.8, 4) is 11.3 Å². The van der Waals surface area contributed by atoms with Crippen molar-refractivity contribution in [1.29, 1.82) is 0 Å². The van der Waals surface area contributed by atoms with Gasteiger partial charge in [-0.2, -0.15) is 0 Å². The van der Waals surface area contributed by atoms with E-state index in [-0.39, 0.29) is 0 Å². The topological polar surface area (TPSA) is 38.9 Å². The van der Waals surface area contributed by atoms with Crippen LogP contribution in [-0.2, 0) is 0 Å². The van der Waals surface area contributed by atoms with Crippen LogP contribution >= 0.6 is 23.1 Å². The molecular formula is C14H18N2S2. The number of nitrogens with zero attached hydrogens (tertiary/aromatic N) is 1. The summed E-state index contributed by atoms with van der Waals surface area (Å²) in [5.41, 5.74) is 9.40. The van der Waals surface area contributed by atoms with Gasteiger partial charge in [-0.3, -0.25) is 0 Å². The average Bonchev–Trinajstić information content (AvgIpc) is 2.71. The van der Waals surface area contributed by atoms with Gasteiger partial charge in [0.2, 0.25) is 0 Å². The second-order valence-corrected chi connectivity index (χ2v) is 6.58. The zero-order valence-electron chi connectivity index (χ0n) is 10.8. The van der Waals surface area contributed by atoms with E-state index in [1.165, 1.54) is 18.4 Å². The summed E-state index contributed by atoms with van der Waals surface area (Å²) in [7, 11) is 0. The zero-order valence-corrected chi connectivity index (χ0v) is 12.4. The lowest BCUT2D eigenvalue weighted by Gasteiger charge is -2.02. The third-order valence-electron chi connectivity index (χ3n) is 2.76. The molecule has 2 rings (SSSR count). The summed E-state index contributed by atoms with van der Waals surface area (Å²) in [5, 5.41) is 0.822. The summed E-state index contributed by atoms with van der Waals surface area (Å²) in [6, 6.07) is 8.25. The molecule has 0 aliphatic carbocycles. The van der Waals surface area contributed by atoms with Crippen LogP contribution in [0.25, 0.3) is 11.3 Å². The first-order valence-electron chi connectivity index (χ1n) is 6.17. The van der Waals surface area contributed by atoms with Gasteiger partial charge in [0.05, 0.1) is 0 Å². The number of aromatic nitrogens is 1. The molecule has 2 aromatic rings. The fraction of sp³-hybridized carbons (Fsp3) is 0.357. The number of benzene rings is 1. The minimum Gasteiger partial charge on any atom is -0.389 e. The average molecular weight is 278 g/mol. The van der Waals surface area contributed by atoms with Crippen LogP contribution in [0.1, 0.15) is 25.3 Å². The SMILES string of the molecule is CCCCSc1nc(-c2ccccc2C)c(N)s1. The van der Waals surface area contributed by atoms with Crippen LogP contribution in [-0.4, -0.2) is 10.7 Å². The van der Waals surface area contributed by atoms with Gasteiger partial charge in [0.15, 0.2) is 4.34 Å². The lowest BCUT2D eigenvalue weighted by molar-refractivity contribution is 0.896. The van der Waals surface area contributed by atoms with Gasteiger partial charge in [-0.1, -0.05) is 60.7 Å². The third kappa shape index (κ3) is 3.06. The van der Waals surface area contributed by atoms with Crippen molar-refractivity contribution in [3.63, 3.8) is 0 Å². The Bertz CT molecular complexity index is 520. The number of anilines is 1. The second-order valence-electron chi connectivity index (χ2n) is 4.21. The molecule has 0 aliphatic heterocycles. The highest BCUT2D eigenvalue weighted by Gasteiger charge is 2.12. The molecule has 0 amide bonds. The quantitative estimate of drug-likeness (QED) is 0.642. The number of nitrogen functional groups attached to an aromatic ring is 1. The van der Waals surface area contributed by atoms with Crippen molar-refractivity contribution in [2.75, 3.05) is 11.5 Å². The van der Waals surface area contributed by atoms with Gasteiger partial charge in [0.1, 0.15) is 10.7 Å². The molecule has 1 aromatic carbocycles. The molecule has 0 fully saturated rings. The van der Waals surface area contributed by atoms with E-state index in [2.05, 4.69) is 31.0 Å². The molecule has 4 heteroatoms. The second kappa shape index (κ2) is 6.25. The summed E-state index contributed by atoms with van der Waals surface area (Å²) in [6.07, 6.45) is 2.45. The van der Waals surface area contributed by atoms with Gasteiger partial charge in [-0.25, -0.2) is 4.98 Å². The molecular weight excluding hydrogens is 260 g/mol. The number of thiazole rings is 1. The molecule has 18 heavy (non-hydrogen) atoms. The number of thioether (sulfide) groups is 1. The molecule has 96 valence electrons. The number of hydrogen-bond donors (Lipinski definition) is 1. The molecule has 0 unspecified atom stereocenters. The highest BCUT2D eigenvalue weighted by molar-refractivity contribution is 8.01. The molecule has 0 saturated carbocycles. The van der Waals surface area contributed by atoms with Crippen LogP contribution in [0.15, 0.2) is 28.6 Å². The Labute approximate surface area is 117 Å². The normalized spacial score (nSPS) is 10.8. The fourth-order valence-electron chi connectivity index (χ4n) is 1.71. The van der Waals surface area contributed by atoms with Crippen molar-refractivity contribution in [3.05, 3.63) is 29.8 Å². The van der Waals surface area contributed by atoms with Gasteiger partial charge in [0.25, 0.3) is 0 Å². The minimum atomic E-state index is 0.822. The molecule has 0 bridgehead atoms. The summed E-state index contributed by atoms with van der Waals surface area (Å²) < 4.78 is 1.08. The van der Waals surface area contributed by atoms with Crippen LogP contribution in [0, 0.1) is 6.92 Å². The standard InChI is InChI=1S/C14H18N2S2/c1-3-4-9-17-14-16-12(13(15)18-14)11-8-6-5-7-10(11)2/h5-8H,3-4,9,15H2,1-2H3. The largest absolute Gasteiger partial charge is 0.389 e. The van der Waals surface area contributed by atoms with Crippen molar-refractivity contribution in [2.45, 2.75) is 31.0 Å². The number of unbranched alkanes of at least 4 members (excludes halogenated alkanes) is 1. The van der Waals surface area contributed by atoms with Gasteiger partial charge in [-0.15, -0.1) is 0 Å². The molecule has 0 spiro atoms. The molecule has 1 heterocycles. The number of rotatable bonds is 5. The molecule has 2 nitrogen and oxygen atoms in total. The Kier molecular flexibility index (Phi) is 4.66.